The quantitative estimate of drug-likeness (QED) is 0.656. The van der Waals surface area contributed by atoms with Crippen molar-refractivity contribution in [3.05, 3.63) is 69.2 Å². The Morgan fingerprint density at radius 1 is 1.15 bits per heavy atom. The summed E-state index contributed by atoms with van der Waals surface area (Å²) in [7, 11) is 0. The summed E-state index contributed by atoms with van der Waals surface area (Å²) in [6.45, 7) is 1.99. The van der Waals surface area contributed by atoms with Gasteiger partial charge in [-0.05, 0) is 48.2 Å². The standard InChI is InChI=1S/C15H15BrF2N2/c1-9-2-3-13(14(16)4-9)15(20-19)7-10-5-11(17)8-12(18)6-10/h2-6,8,15,20H,7,19H2,1H3. The van der Waals surface area contributed by atoms with Gasteiger partial charge in [0.05, 0.1) is 6.04 Å². The molecule has 0 saturated carbocycles. The van der Waals surface area contributed by atoms with Crippen molar-refractivity contribution in [2.45, 2.75) is 19.4 Å². The number of hydrogen-bond acceptors (Lipinski definition) is 2. The van der Waals surface area contributed by atoms with Gasteiger partial charge in [-0.3, -0.25) is 11.3 Å². The van der Waals surface area contributed by atoms with Crippen molar-refractivity contribution in [3.8, 4) is 0 Å². The Labute approximate surface area is 125 Å². The molecule has 0 aliphatic carbocycles. The largest absolute Gasteiger partial charge is 0.271 e. The lowest BCUT2D eigenvalue weighted by molar-refractivity contribution is 0.538. The van der Waals surface area contributed by atoms with Crippen molar-refractivity contribution in [3.63, 3.8) is 0 Å². The van der Waals surface area contributed by atoms with Crippen LogP contribution in [-0.4, -0.2) is 0 Å². The number of halogens is 3. The van der Waals surface area contributed by atoms with Crippen LogP contribution in [0.2, 0.25) is 0 Å². The zero-order valence-corrected chi connectivity index (χ0v) is 12.5. The van der Waals surface area contributed by atoms with Gasteiger partial charge in [-0.15, -0.1) is 0 Å². The Bertz CT molecular complexity index is 597. The molecule has 20 heavy (non-hydrogen) atoms. The summed E-state index contributed by atoms with van der Waals surface area (Å²) in [5.74, 6) is 4.41. The Kier molecular flexibility index (Phi) is 4.86. The predicted octanol–water partition coefficient (Wildman–Crippen LogP) is 3.78. The molecular formula is C15H15BrF2N2. The summed E-state index contributed by atoms with van der Waals surface area (Å²) in [5, 5.41) is 0. The van der Waals surface area contributed by atoms with Gasteiger partial charge in [0.15, 0.2) is 0 Å². The van der Waals surface area contributed by atoms with E-state index in [1.807, 2.05) is 25.1 Å². The van der Waals surface area contributed by atoms with Crippen molar-refractivity contribution >= 4 is 15.9 Å². The topological polar surface area (TPSA) is 38.0 Å². The maximum Gasteiger partial charge on any atom is 0.126 e. The lowest BCUT2D eigenvalue weighted by atomic mass is 9.98. The maximum absolute atomic E-state index is 13.2. The van der Waals surface area contributed by atoms with Crippen molar-refractivity contribution in [1.82, 2.24) is 5.43 Å². The maximum atomic E-state index is 13.2. The minimum Gasteiger partial charge on any atom is -0.271 e. The summed E-state index contributed by atoms with van der Waals surface area (Å²) < 4.78 is 27.3. The van der Waals surface area contributed by atoms with E-state index in [0.29, 0.717) is 12.0 Å². The average molecular weight is 341 g/mol. The number of benzene rings is 2. The SMILES string of the molecule is Cc1ccc(C(Cc2cc(F)cc(F)c2)NN)c(Br)c1. The smallest absolute Gasteiger partial charge is 0.126 e. The van der Waals surface area contributed by atoms with Gasteiger partial charge in [0.2, 0.25) is 0 Å². The van der Waals surface area contributed by atoms with E-state index in [-0.39, 0.29) is 6.04 Å². The van der Waals surface area contributed by atoms with Gasteiger partial charge >= 0.3 is 0 Å². The molecule has 2 nitrogen and oxygen atoms in total. The highest BCUT2D eigenvalue weighted by Crippen LogP contribution is 2.27. The molecule has 0 heterocycles. The minimum absolute atomic E-state index is 0.230. The van der Waals surface area contributed by atoms with Gasteiger partial charge in [0.25, 0.3) is 0 Å². The van der Waals surface area contributed by atoms with Crippen LogP contribution in [0.15, 0.2) is 40.9 Å². The van der Waals surface area contributed by atoms with Crippen LogP contribution in [0.4, 0.5) is 8.78 Å². The van der Waals surface area contributed by atoms with Crippen LogP contribution < -0.4 is 11.3 Å². The third kappa shape index (κ3) is 3.62. The Balaban J connectivity index is 2.28. The van der Waals surface area contributed by atoms with Crippen molar-refractivity contribution in [2.24, 2.45) is 5.84 Å². The van der Waals surface area contributed by atoms with Gasteiger partial charge in [0.1, 0.15) is 11.6 Å². The van der Waals surface area contributed by atoms with Gasteiger partial charge in [-0.25, -0.2) is 8.78 Å². The fourth-order valence-corrected chi connectivity index (χ4v) is 2.91. The molecule has 0 saturated heterocycles. The average Bonchev–Trinajstić information content (AvgIpc) is 2.35. The van der Waals surface area contributed by atoms with E-state index in [0.717, 1.165) is 21.7 Å². The molecule has 3 N–H and O–H groups in total. The normalized spacial score (nSPS) is 12.4. The molecule has 1 atom stereocenters. The van der Waals surface area contributed by atoms with E-state index in [2.05, 4.69) is 21.4 Å². The first-order valence-corrected chi connectivity index (χ1v) is 6.96. The molecule has 0 aliphatic rings. The summed E-state index contributed by atoms with van der Waals surface area (Å²) in [5.41, 5.74) is 5.31. The molecule has 0 fully saturated rings. The predicted molar refractivity (Wildman–Crippen MR) is 79.0 cm³/mol. The molecule has 0 aromatic heterocycles. The van der Waals surface area contributed by atoms with Gasteiger partial charge in [-0.1, -0.05) is 28.1 Å². The first-order chi connectivity index (χ1) is 9.49. The molecule has 0 bridgehead atoms. The highest BCUT2D eigenvalue weighted by molar-refractivity contribution is 9.10. The molecule has 0 amide bonds. The third-order valence-corrected chi connectivity index (χ3v) is 3.78. The Morgan fingerprint density at radius 3 is 2.35 bits per heavy atom. The zero-order chi connectivity index (χ0) is 14.7. The fourth-order valence-electron chi connectivity index (χ4n) is 2.14. The Morgan fingerprint density at radius 2 is 1.80 bits per heavy atom. The number of nitrogens with two attached hydrogens (primary N) is 1. The molecule has 1 unspecified atom stereocenters. The van der Waals surface area contributed by atoms with Gasteiger partial charge < -0.3 is 0 Å². The highest BCUT2D eigenvalue weighted by atomic mass is 79.9. The summed E-state index contributed by atoms with van der Waals surface area (Å²) in [6.07, 6.45) is 0.396. The minimum atomic E-state index is -0.584. The van der Waals surface area contributed by atoms with Crippen LogP contribution in [0.3, 0.4) is 0 Å². The van der Waals surface area contributed by atoms with Crippen LogP contribution in [0.1, 0.15) is 22.7 Å². The van der Waals surface area contributed by atoms with Crippen LogP contribution in [0.25, 0.3) is 0 Å². The van der Waals surface area contributed by atoms with Crippen LogP contribution in [-0.2, 0) is 6.42 Å². The first kappa shape index (κ1) is 15.1. The molecule has 2 aromatic carbocycles. The number of rotatable bonds is 4. The van der Waals surface area contributed by atoms with E-state index >= 15 is 0 Å². The van der Waals surface area contributed by atoms with Crippen molar-refractivity contribution in [2.75, 3.05) is 0 Å². The van der Waals surface area contributed by atoms with Crippen molar-refractivity contribution in [1.29, 1.82) is 0 Å². The fraction of sp³-hybridized carbons (Fsp3) is 0.200. The van der Waals surface area contributed by atoms with E-state index in [9.17, 15) is 8.78 Å². The molecule has 106 valence electrons. The first-order valence-electron chi connectivity index (χ1n) is 6.16. The second-order valence-electron chi connectivity index (χ2n) is 4.73. The van der Waals surface area contributed by atoms with E-state index in [1.54, 1.807) is 0 Å². The molecule has 0 spiro atoms. The van der Waals surface area contributed by atoms with Gasteiger partial charge in [-0.2, -0.15) is 0 Å². The van der Waals surface area contributed by atoms with Gasteiger partial charge in [0, 0.05) is 10.5 Å². The second kappa shape index (κ2) is 6.43. The molecule has 2 aromatic rings. The number of hydrazine groups is 1. The van der Waals surface area contributed by atoms with Crippen LogP contribution in [0, 0.1) is 18.6 Å². The molecule has 5 heteroatoms. The van der Waals surface area contributed by atoms with Crippen LogP contribution >= 0.6 is 15.9 Å². The van der Waals surface area contributed by atoms with Crippen LogP contribution in [0.5, 0.6) is 0 Å². The lowest BCUT2D eigenvalue weighted by Gasteiger charge is -2.18. The molecule has 2 rings (SSSR count). The molecule has 0 aliphatic heterocycles. The number of aryl methyl sites for hydroxylation is 1. The Hall–Kier alpha value is -1.30. The summed E-state index contributed by atoms with van der Waals surface area (Å²) in [4.78, 5) is 0. The molecule has 0 radical (unpaired) electrons. The highest BCUT2D eigenvalue weighted by Gasteiger charge is 2.15. The second-order valence-corrected chi connectivity index (χ2v) is 5.58. The number of hydrogen-bond donors (Lipinski definition) is 2. The lowest BCUT2D eigenvalue weighted by Crippen LogP contribution is -2.30. The number of nitrogens with one attached hydrogen (secondary N) is 1. The van der Waals surface area contributed by atoms with Crippen molar-refractivity contribution < 1.29 is 8.78 Å². The summed E-state index contributed by atoms with van der Waals surface area (Å²) >= 11 is 3.49. The summed E-state index contributed by atoms with van der Waals surface area (Å²) in [6, 6.07) is 9.15. The molecular weight excluding hydrogens is 326 g/mol. The van der Waals surface area contributed by atoms with E-state index in [4.69, 9.17) is 5.84 Å². The monoisotopic (exact) mass is 340 g/mol. The zero-order valence-electron chi connectivity index (χ0n) is 11.0. The van der Waals surface area contributed by atoms with E-state index < -0.39 is 11.6 Å². The van der Waals surface area contributed by atoms with E-state index in [1.165, 1.54) is 12.1 Å². The third-order valence-electron chi connectivity index (χ3n) is 3.09.